The zero-order valence-corrected chi connectivity index (χ0v) is 22.0. The number of para-hydroxylation sites is 1. The number of nitrogens with zero attached hydrogens (tertiary/aromatic N) is 6. The summed E-state index contributed by atoms with van der Waals surface area (Å²) < 4.78 is 28.9. The summed E-state index contributed by atoms with van der Waals surface area (Å²) in [5.41, 5.74) is 4.98. The number of carbonyl (C=O) groups excluding carboxylic acids is 1. The SMILES string of the molecule is O=C(c1ccc(F)c(F)c1)N1CCN(Cc2ccc(-c3nnc4n3-c3cccnc3Nc3ccccc3-4)cc2)CC1. The summed E-state index contributed by atoms with van der Waals surface area (Å²) in [4.78, 5) is 21.3. The van der Waals surface area contributed by atoms with E-state index in [4.69, 9.17) is 0 Å². The average molecular weight is 550 g/mol. The quantitative estimate of drug-likeness (QED) is 0.322. The molecule has 2 aromatic heterocycles. The summed E-state index contributed by atoms with van der Waals surface area (Å²) in [6, 6.07) is 23.4. The molecule has 1 N–H and O–H groups in total. The molecule has 1 saturated heterocycles. The van der Waals surface area contributed by atoms with Crippen LogP contribution in [0.3, 0.4) is 0 Å². The minimum atomic E-state index is -1.01. The number of halogens is 2. The van der Waals surface area contributed by atoms with E-state index in [1.807, 2.05) is 41.0 Å². The highest BCUT2D eigenvalue weighted by Crippen LogP contribution is 2.39. The molecular formula is C31H25F2N7O. The molecule has 0 aliphatic carbocycles. The first-order valence-corrected chi connectivity index (χ1v) is 13.4. The summed E-state index contributed by atoms with van der Waals surface area (Å²) in [5.74, 6) is -0.0460. The van der Waals surface area contributed by atoms with E-state index in [1.54, 1.807) is 11.1 Å². The largest absolute Gasteiger partial charge is 0.338 e. The Hall–Kier alpha value is -4.96. The number of hydrogen-bond donors (Lipinski definition) is 1. The normalized spacial score (nSPS) is 14.4. The molecule has 0 atom stereocenters. The fraction of sp³-hybridized carbons (Fsp3) is 0.161. The van der Waals surface area contributed by atoms with E-state index in [2.05, 4.69) is 49.7 Å². The smallest absolute Gasteiger partial charge is 0.254 e. The van der Waals surface area contributed by atoms with Crippen molar-refractivity contribution in [2.75, 3.05) is 31.5 Å². The standard InChI is InChI=1S/C31H25F2N7O/c32-24-12-11-22(18-25(24)33)31(41)39-16-14-38(15-17-39)19-20-7-9-21(10-8-20)29-36-37-30-23-4-1-2-5-26(23)35-28-27(40(29)30)6-3-13-34-28/h1-13,18H,14-17,19H2,(H,34,35). The molecule has 7 rings (SSSR count). The van der Waals surface area contributed by atoms with Gasteiger partial charge in [-0.05, 0) is 48.0 Å². The van der Waals surface area contributed by atoms with Crippen molar-refractivity contribution in [3.05, 3.63) is 108 Å². The molecule has 3 aromatic carbocycles. The van der Waals surface area contributed by atoms with E-state index in [9.17, 15) is 13.6 Å². The van der Waals surface area contributed by atoms with Gasteiger partial charge in [0.1, 0.15) is 0 Å². The van der Waals surface area contributed by atoms with Crippen LogP contribution in [0.4, 0.5) is 20.3 Å². The molecule has 2 aliphatic rings. The molecule has 8 nitrogen and oxygen atoms in total. The third-order valence-electron chi connectivity index (χ3n) is 7.56. The third-order valence-corrected chi connectivity index (χ3v) is 7.56. The highest BCUT2D eigenvalue weighted by molar-refractivity contribution is 5.94. The molecule has 0 unspecified atom stereocenters. The maximum absolute atomic E-state index is 13.6. The lowest BCUT2D eigenvalue weighted by atomic mass is 10.1. The topological polar surface area (TPSA) is 79.2 Å². The number of nitrogens with one attached hydrogen (secondary N) is 1. The maximum Gasteiger partial charge on any atom is 0.254 e. The van der Waals surface area contributed by atoms with Gasteiger partial charge in [0.2, 0.25) is 0 Å². The number of pyridine rings is 1. The van der Waals surface area contributed by atoms with Crippen LogP contribution in [0.25, 0.3) is 28.5 Å². The fourth-order valence-corrected chi connectivity index (χ4v) is 5.40. The van der Waals surface area contributed by atoms with Crippen LogP contribution in [-0.4, -0.2) is 61.6 Å². The number of rotatable bonds is 4. The first kappa shape index (κ1) is 25.0. The van der Waals surface area contributed by atoms with Gasteiger partial charge in [0.25, 0.3) is 5.91 Å². The Morgan fingerprint density at radius 1 is 0.829 bits per heavy atom. The van der Waals surface area contributed by atoms with Crippen molar-refractivity contribution in [1.29, 1.82) is 0 Å². The fourth-order valence-electron chi connectivity index (χ4n) is 5.40. The second-order valence-corrected chi connectivity index (χ2v) is 10.1. The predicted molar refractivity (Wildman–Crippen MR) is 151 cm³/mol. The van der Waals surface area contributed by atoms with Gasteiger partial charge < -0.3 is 10.2 Å². The van der Waals surface area contributed by atoms with Crippen molar-refractivity contribution in [3.8, 4) is 28.5 Å². The Morgan fingerprint density at radius 3 is 2.41 bits per heavy atom. The third kappa shape index (κ3) is 4.62. The van der Waals surface area contributed by atoms with E-state index in [1.165, 1.54) is 6.07 Å². The van der Waals surface area contributed by atoms with Crippen molar-refractivity contribution in [2.24, 2.45) is 0 Å². The van der Waals surface area contributed by atoms with Gasteiger partial charge in [0.05, 0.1) is 11.4 Å². The van der Waals surface area contributed by atoms with E-state index in [-0.39, 0.29) is 11.5 Å². The molecule has 1 fully saturated rings. The van der Waals surface area contributed by atoms with Gasteiger partial charge >= 0.3 is 0 Å². The lowest BCUT2D eigenvalue weighted by Gasteiger charge is -2.34. The molecule has 1 amide bonds. The number of carbonyl (C=O) groups is 1. The van der Waals surface area contributed by atoms with Crippen LogP contribution in [0.15, 0.2) is 85.1 Å². The molecule has 204 valence electrons. The molecule has 41 heavy (non-hydrogen) atoms. The molecular weight excluding hydrogens is 524 g/mol. The lowest BCUT2D eigenvalue weighted by molar-refractivity contribution is 0.0628. The number of piperazine rings is 1. The number of anilines is 2. The second kappa shape index (κ2) is 10.2. The molecule has 2 aliphatic heterocycles. The summed E-state index contributed by atoms with van der Waals surface area (Å²) in [6.07, 6.45) is 1.76. The van der Waals surface area contributed by atoms with E-state index in [0.29, 0.717) is 26.2 Å². The van der Waals surface area contributed by atoms with Crippen LogP contribution in [-0.2, 0) is 6.54 Å². The Labute approximate surface area is 234 Å². The number of amides is 1. The van der Waals surface area contributed by atoms with Crippen molar-refractivity contribution in [1.82, 2.24) is 29.5 Å². The molecule has 0 spiro atoms. The van der Waals surface area contributed by atoms with Gasteiger partial charge in [0.15, 0.2) is 29.1 Å². The van der Waals surface area contributed by atoms with Crippen LogP contribution in [0.1, 0.15) is 15.9 Å². The highest BCUT2D eigenvalue weighted by Gasteiger charge is 2.26. The zero-order chi connectivity index (χ0) is 27.9. The summed E-state index contributed by atoms with van der Waals surface area (Å²) >= 11 is 0. The Bertz CT molecular complexity index is 1760. The van der Waals surface area contributed by atoms with Gasteiger partial charge in [-0.2, -0.15) is 0 Å². The van der Waals surface area contributed by atoms with Gasteiger partial charge in [0, 0.05) is 55.6 Å². The van der Waals surface area contributed by atoms with Crippen molar-refractivity contribution in [2.45, 2.75) is 6.54 Å². The molecule has 5 aromatic rings. The Kier molecular flexibility index (Phi) is 6.24. The van der Waals surface area contributed by atoms with E-state index >= 15 is 0 Å². The number of aromatic nitrogens is 4. The number of hydrogen-bond acceptors (Lipinski definition) is 6. The first-order valence-electron chi connectivity index (χ1n) is 13.4. The van der Waals surface area contributed by atoms with Crippen molar-refractivity contribution >= 4 is 17.4 Å². The molecule has 0 saturated carbocycles. The molecule has 0 bridgehead atoms. The molecule has 0 radical (unpaired) electrons. The average Bonchev–Trinajstić information content (AvgIpc) is 3.38. The minimum absolute atomic E-state index is 0.164. The Morgan fingerprint density at radius 2 is 1.61 bits per heavy atom. The zero-order valence-electron chi connectivity index (χ0n) is 22.0. The summed E-state index contributed by atoms with van der Waals surface area (Å²) in [7, 11) is 0. The van der Waals surface area contributed by atoms with Gasteiger partial charge in [-0.1, -0.05) is 36.4 Å². The monoisotopic (exact) mass is 549 g/mol. The van der Waals surface area contributed by atoms with Crippen LogP contribution in [0, 0.1) is 11.6 Å². The van der Waals surface area contributed by atoms with Crippen LogP contribution in [0.2, 0.25) is 0 Å². The maximum atomic E-state index is 13.6. The van der Waals surface area contributed by atoms with Crippen LogP contribution >= 0.6 is 0 Å². The molecule has 4 heterocycles. The highest BCUT2D eigenvalue weighted by atomic mass is 19.2. The van der Waals surface area contributed by atoms with Crippen LogP contribution in [0.5, 0.6) is 0 Å². The van der Waals surface area contributed by atoms with Gasteiger partial charge in [-0.3, -0.25) is 14.3 Å². The predicted octanol–water partition coefficient (Wildman–Crippen LogP) is 5.29. The van der Waals surface area contributed by atoms with E-state index < -0.39 is 11.6 Å². The molecule has 10 heteroatoms. The first-order chi connectivity index (χ1) is 20.0. The summed E-state index contributed by atoms with van der Waals surface area (Å²) in [5, 5.41) is 12.6. The Balaban J connectivity index is 1.07. The van der Waals surface area contributed by atoms with Crippen molar-refractivity contribution in [3.63, 3.8) is 0 Å². The van der Waals surface area contributed by atoms with E-state index in [0.717, 1.165) is 64.2 Å². The number of fused-ring (bicyclic) bond motifs is 5. The lowest BCUT2D eigenvalue weighted by Crippen LogP contribution is -2.48. The van der Waals surface area contributed by atoms with Gasteiger partial charge in [-0.25, -0.2) is 13.8 Å². The van der Waals surface area contributed by atoms with Gasteiger partial charge in [-0.15, -0.1) is 10.2 Å². The number of benzene rings is 3. The van der Waals surface area contributed by atoms with Crippen molar-refractivity contribution < 1.29 is 13.6 Å². The summed E-state index contributed by atoms with van der Waals surface area (Å²) in [6.45, 7) is 3.14. The van der Waals surface area contributed by atoms with Crippen LogP contribution < -0.4 is 5.32 Å². The second-order valence-electron chi connectivity index (χ2n) is 10.1. The minimum Gasteiger partial charge on any atom is -0.338 e.